The second kappa shape index (κ2) is 10.1. The summed E-state index contributed by atoms with van der Waals surface area (Å²) in [6, 6.07) is 23.5. The van der Waals surface area contributed by atoms with E-state index in [9.17, 15) is 9.59 Å². The first-order valence-corrected chi connectivity index (χ1v) is 9.31. The topological polar surface area (TPSA) is 61.8 Å². The van der Waals surface area contributed by atoms with Crippen molar-refractivity contribution in [3.8, 4) is 11.5 Å². The minimum Gasteiger partial charge on any atom is -0.482 e. The van der Waals surface area contributed by atoms with E-state index in [1.165, 1.54) is 6.07 Å². The lowest BCUT2D eigenvalue weighted by atomic mass is 10.2. The highest BCUT2D eigenvalue weighted by molar-refractivity contribution is 5.90. The van der Waals surface area contributed by atoms with Gasteiger partial charge in [0.1, 0.15) is 11.5 Å². The zero-order chi connectivity index (χ0) is 20.5. The molecule has 0 bridgehead atoms. The zero-order valence-electron chi connectivity index (χ0n) is 16.2. The summed E-state index contributed by atoms with van der Waals surface area (Å²) in [5, 5.41) is 0. The molecule has 0 aliphatic carbocycles. The molecule has 5 heteroatoms. The number of benzene rings is 3. The van der Waals surface area contributed by atoms with Crippen LogP contribution in [0.2, 0.25) is 0 Å². The molecule has 0 spiro atoms. The number of carbonyl (C=O) groups is 2. The van der Waals surface area contributed by atoms with Crippen molar-refractivity contribution in [2.75, 3.05) is 13.2 Å². The fraction of sp³-hybridized carbons (Fsp3) is 0.167. The van der Waals surface area contributed by atoms with E-state index in [0.717, 1.165) is 11.1 Å². The first-order chi connectivity index (χ1) is 14.1. The van der Waals surface area contributed by atoms with E-state index < -0.39 is 11.9 Å². The van der Waals surface area contributed by atoms with Gasteiger partial charge in [-0.05, 0) is 48.4 Å². The van der Waals surface area contributed by atoms with Gasteiger partial charge in [-0.25, -0.2) is 9.59 Å². The van der Waals surface area contributed by atoms with Gasteiger partial charge in [-0.15, -0.1) is 0 Å². The summed E-state index contributed by atoms with van der Waals surface area (Å²) in [7, 11) is 0. The van der Waals surface area contributed by atoms with E-state index in [1.807, 2.05) is 55.5 Å². The third kappa shape index (κ3) is 6.50. The Morgan fingerprint density at radius 3 is 2.38 bits per heavy atom. The lowest BCUT2D eigenvalue weighted by Gasteiger charge is -2.09. The second-order valence-electron chi connectivity index (χ2n) is 6.48. The first-order valence-electron chi connectivity index (χ1n) is 9.31. The number of carbonyl (C=O) groups excluding carboxylic acids is 2. The van der Waals surface area contributed by atoms with Crippen molar-refractivity contribution in [3.63, 3.8) is 0 Å². The number of ether oxygens (including phenoxy) is 3. The molecule has 29 heavy (non-hydrogen) atoms. The van der Waals surface area contributed by atoms with Gasteiger partial charge in [0.25, 0.3) is 0 Å². The number of esters is 2. The Morgan fingerprint density at radius 2 is 1.59 bits per heavy atom. The molecule has 0 atom stereocenters. The van der Waals surface area contributed by atoms with Crippen LogP contribution in [0.15, 0.2) is 78.9 Å². The second-order valence-corrected chi connectivity index (χ2v) is 6.48. The number of aryl methyl sites for hydroxylation is 1. The molecular weight excluding hydrogens is 368 g/mol. The standard InChI is InChI=1S/C24H22O5/c1-18-7-5-11-21(15-18)28-17-23(25)29-22-12-6-10-20(16-22)24(26)27-14-13-19-8-3-2-4-9-19/h2-12,15-16H,13-14,17H2,1H3. The molecule has 0 N–H and O–H groups in total. The Labute approximate surface area is 169 Å². The summed E-state index contributed by atoms with van der Waals surface area (Å²) in [4.78, 5) is 24.2. The molecule has 0 saturated heterocycles. The molecule has 0 heterocycles. The van der Waals surface area contributed by atoms with Crippen molar-refractivity contribution in [3.05, 3.63) is 95.6 Å². The molecule has 3 aromatic rings. The molecule has 0 radical (unpaired) electrons. The number of rotatable bonds is 8. The molecule has 0 saturated carbocycles. The monoisotopic (exact) mass is 390 g/mol. The van der Waals surface area contributed by atoms with E-state index in [2.05, 4.69) is 0 Å². The van der Waals surface area contributed by atoms with Crippen LogP contribution in [0.3, 0.4) is 0 Å². The van der Waals surface area contributed by atoms with Crippen LogP contribution in [0.5, 0.6) is 11.5 Å². The van der Waals surface area contributed by atoms with E-state index in [4.69, 9.17) is 14.2 Å². The first kappa shape index (κ1) is 20.1. The Kier molecular flexibility index (Phi) is 7.00. The van der Waals surface area contributed by atoms with Crippen LogP contribution < -0.4 is 9.47 Å². The quantitative estimate of drug-likeness (QED) is 0.422. The Bertz CT molecular complexity index is 966. The van der Waals surface area contributed by atoms with Crippen LogP contribution in [0.25, 0.3) is 0 Å². The molecule has 148 valence electrons. The number of hydrogen-bond acceptors (Lipinski definition) is 5. The summed E-state index contributed by atoms with van der Waals surface area (Å²) >= 11 is 0. The molecule has 0 unspecified atom stereocenters. The molecule has 0 aliphatic rings. The fourth-order valence-electron chi connectivity index (χ4n) is 2.68. The average Bonchev–Trinajstić information content (AvgIpc) is 2.73. The van der Waals surface area contributed by atoms with Crippen molar-refractivity contribution in [2.45, 2.75) is 13.3 Å². The van der Waals surface area contributed by atoms with Crippen molar-refractivity contribution in [2.24, 2.45) is 0 Å². The Balaban J connectivity index is 1.49. The van der Waals surface area contributed by atoms with Crippen LogP contribution in [-0.2, 0) is 16.0 Å². The molecule has 0 amide bonds. The average molecular weight is 390 g/mol. The minimum absolute atomic E-state index is 0.227. The normalized spacial score (nSPS) is 10.2. The molecule has 5 nitrogen and oxygen atoms in total. The van der Waals surface area contributed by atoms with Crippen LogP contribution in [0.1, 0.15) is 21.5 Å². The summed E-state index contributed by atoms with van der Waals surface area (Å²) in [5.41, 5.74) is 2.45. The van der Waals surface area contributed by atoms with Gasteiger partial charge >= 0.3 is 11.9 Å². The van der Waals surface area contributed by atoms with E-state index in [-0.39, 0.29) is 19.0 Å². The van der Waals surface area contributed by atoms with Crippen LogP contribution in [0, 0.1) is 6.92 Å². The van der Waals surface area contributed by atoms with Gasteiger partial charge in [0.05, 0.1) is 12.2 Å². The Morgan fingerprint density at radius 1 is 0.828 bits per heavy atom. The van der Waals surface area contributed by atoms with Gasteiger partial charge in [0.15, 0.2) is 6.61 Å². The molecule has 0 aliphatic heterocycles. The third-order valence-electron chi connectivity index (χ3n) is 4.11. The van der Waals surface area contributed by atoms with Crippen LogP contribution in [-0.4, -0.2) is 25.2 Å². The fourth-order valence-corrected chi connectivity index (χ4v) is 2.68. The predicted molar refractivity (Wildman–Crippen MR) is 109 cm³/mol. The van der Waals surface area contributed by atoms with E-state index >= 15 is 0 Å². The van der Waals surface area contributed by atoms with Gasteiger partial charge in [0.2, 0.25) is 0 Å². The van der Waals surface area contributed by atoms with Gasteiger partial charge in [-0.3, -0.25) is 0 Å². The molecule has 0 fully saturated rings. The van der Waals surface area contributed by atoms with Gasteiger partial charge in [-0.2, -0.15) is 0 Å². The molecular formula is C24H22O5. The SMILES string of the molecule is Cc1cccc(OCC(=O)Oc2cccc(C(=O)OCCc3ccccc3)c2)c1. The molecule has 0 aromatic heterocycles. The highest BCUT2D eigenvalue weighted by atomic mass is 16.6. The van der Waals surface area contributed by atoms with E-state index in [0.29, 0.717) is 17.7 Å². The molecule has 3 rings (SSSR count). The highest BCUT2D eigenvalue weighted by Gasteiger charge is 2.11. The lowest BCUT2D eigenvalue weighted by Crippen LogP contribution is -2.18. The maximum absolute atomic E-state index is 12.2. The van der Waals surface area contributed by atoms with Crippen molar-refractivity contribution < 1.29 is 23.8 Å². The van der Waals surface area contributed by atoms with Crippen molar-refractivity contribution >= 4 is 11.9 Å². The number of hydrogen-bond donors (Lipinski definition) is 0. The maximum atomic E-state index is 12.2. The van der Waals surface area contributed by atoms with Gasteiger partial charge in [-0.1, -0.05) is 48.5 Å². The van der Waals surface area contributed by atoms with Gasteiger partial charge in [0, 0.05) is 6.42 Å². The van der Waals surface area contributed by atoms with E-state index in [1.54, 1.807) is 24.3 Å². The van der Waals surface area contributed by atoms with Crippen molar-refractivity contribution in [1.29, 1.82) is 0 Å². The Hall–Kier alpha value is -3.60. The van der Waals surface area contributed by atoms with Gasteiger partial charge < -0.3 is 14.2 Å². The highest BCUT2D eigenvalue weighted by Crippen LogP contribution is 2.16. The lowest BCUT2D eigenvalue weighted by molar-refractivity contribution is -0.136. The minimum atomic E-state index is -0.555. The zero-order valence-corrected chi connectivity index (χ0v) is 16.2. The summed E-state index contributed by atoms with van der Waals surface area (Å²) < 4.78 is 16.0. The summed E-state index contributed by atoms with van der Waals surface area (Å²) in [6.07, 6.45) is 0.636. The predicted octanol–water partition coefficient (Wildman–Crippen LogP) is 4.38. The molecule has 3 aromatic carbocycles. The summed E-state index contributed by atoms with van der Waals surface area (Å²) in [6.45, 7) is 1.99. The maximum Gasteiger partial charge on any atom is 0.349 e. The smallest absolute Gasteiger partial charge is 0.349 e. The third-order valence-corrected chi connectivity index (χ3v) is 4.11. The summed E-state index contributed by atoms with van der Waals surface area (Å²) in [5.74, 6) is -0.158. The van der Waals surface area contributed by atoms with Crippen LogP contribution >= 0.6 is 0 Å². The van der Waals surface area contributed by atoms with Crippen molar-refractivity contribution in [1.82, 2.24) is 0 Å². The largest absolute Gasteiger partial charge is 0.482 e. The van der Waals surface area contributed by atoms with Crippen LogP contribution in [0.4, 0.5) is 0 Å².